The van der Waals surface area contributed by atoms with E-state index in [2.05, 4.69) is 26.0 Å². The fourth-order valence-corrected chi connectivity index (χ4v) is 6.10. The molecule has 0 atom stereocenters. The number of rotatable bonds is 9. The molecule has 46 heavy (non-hydrogen) atoms. The number of methoxy groups -OCH3 is 1. The Bertz CT molecular complexity index is 1800. The second kappa shape index (κ2) is 11.6. The number of hydrogen-bond acceptors (Lipinski definition) is 9. The van der Waals surface area contributed by atoms with E-state index in [0.717, 1.165) is 65.8 Å². The van der Waals surface area contributed by atoms with E-state index < -0.39 is 11.9 Å². The second-order valence-corrected chi connectivity index (χ2v) is 12.5. The summed E-state index contributed by atoms with van der Waals surface area (Å²) in [6.45, 7) is 5.19. The molecule has 7 rings (SSSR count). The number of anilines is 1. The average Bonchev–Trinajstić information content (AvgIpc) is 4.00. The number of aromatic nitrogens is 6. The van der Waals surface area contributed by atoms with Crippen LogP contribution in [0.3, 0.4) is 0 Å². The zero-order chi connectivity index (χ0) is 32.2. The number of alkyl halides is 3. The first kappa shape index (κ1) is 30.0. The zero-order valence-electron chi connectivity index (χ0n) is 25.9. The van der Waals surface area contributed by atoms with Crippen LogP contribution in [0.1, 0.15) is 79.7 Å². The van der Waals surface area contributed by atoms with Crippen molar-refractivity contribution >= 4 is 5.82 Å². The topological polar surface area (TPSA) is 109 Å². The summed E-state index contributed by atoms with van der Waals surface area (Å²) in [7, 11) is 1.59. The molecule has 2 fully saturated rings. The summed E-state index contributed by atoms with van der Waals surface area (Å²) in [5.74, 6) is 2.36. The molecule has 1 aromatic carbocycles. The fourth-order valence-electron chi connectivity index (χ4n) is 6.10. The van der Waals surface area contributed by atoms with E-state index in [1.807, 2.05) is 38.1 Å². The third kappa shape index (κ3) is 5.72. The maximum absolute atomic E-state index is 13.5. The summed E-state index contributed by atoms with van der Waals surface area (Å²) in [5, 5.41) is 9.75. The van der Waals surface area contributed by atoms with Gasteiger partial charge in [-0.15, -0.1) is 0 Å². The van der Waals surface area contributed by atoms with Gasteiger partial charge in [0.05, 0.1) is 25.0 Å². The van der Waals surface area contributed by atoms with Crippen molar-refractivity contribution < 1.29 is 17.9 Å². The van der Waals surface area contributed by atoms with Crippen LogP contribution in [-0.2, 0) is 25.7 Å². The summed E-state index contributed by atoms with van der Waals surface area (Å²) in [4.78, 5) is 27.2. The number of hydrogen-bond donors (Lipinski definition) is 0. The number of benzene rings is 1. The Morgan fingerprint density at radius 1 is 1.07 bits per heavy atom. The van der Waals surface area contributed by atoms with Crippen LogP contribution in [0.2, 0.25) is 0 Å². The average molecular weight is 630 g/mol. The summed E-state index contributed by atoms with van der Waals surface area (Å²) in [6.07, 6.45) is 5.07. The highest BCUT2D eigenvalue weighted by molar-refractivity contribution is 5.69. The smallest absolute Gasteiger partial charge is 0.434 e. The molecule has 1 aliphatic heterocycles. The number of halogens is 3. The molecular weight excluding hydrogens is 595 g/mol. The maximum atomic E-state index is 13.5. The first-order chi connectivity index (χ1) is 22.1. The number of nitrogens with zero attached hydrogens (tertiary/aromatic N) is 9. The van der Waals surface area contributed by atoms with Crippen LogP contribution >= 0.6 is 0 Å². The van der Waals surface area contributed by atoms with Gasteiger partial charge in [0.15, 0.2) is 17.7 Å². The summed E-state index contributed by atoms with van der Waals surface area (Å²) < 4.78 is 47.7. The highest BCUT2D eigenvalue weighted by atomic mass is 19.4. The Balaban J connectivity index is 1.27. The van der Waals surface area contributed by atoms with Crippen LogP contribution in [0.15, 0.2) is 36.8 Å². The molecule has 0 radical (unpaired) electrons. The van der Waals surface area contributed by atoms with Crippen LogP contribution in [0.25, 0.3) is 22.8 Å². The lowest BCUT2D eigenvalue weighted by Gasteiger charge is -2.31. The van der Waals surface area contributed by atoms with Gasteiger partial charge in [0.2, 0.25) is 5.88 Å². The summed E-state index contributed by atoms with van der Waals surface area (Å²) in [5.41, 5.74) is 4.15. The normalized spacial score (nSPS) is 16.3. The fraction of sp³-hybridized carbons (Fsp3) is 0.455. The van der Waals surface area contributed by atoms with Gasteiger partial charge >= 0.3 is 6.18 Å². The maximum Gasteiger partial charge on any atom is 0.434 e. The number of imidazole rings is 1. The van der Waals surface area contributed by atoms with E-state index in [-0.39, 0.29) is 17.9 Å². The van der Waals surface area contributed by atoms with Crippen molar-refractivity contribution in [3.05, 3.63) is 65.0 Å². The van der Waals surface area contributed by atoms with Gasteiger partial charge in [0.1, 0.15) is 23.5 Å². The van der Waals surface area contributed by atoms with Gasteiger partial charge in [-0.05, 0) is 45.1 Å². The van der Waals surface area contributed by atoms with E-state index in [1.165, 1.54) is 6.33 Å². The molecule has 13 heteroatoms. The SMILES string of the molecule is COc1ncnc(C2CC2)c1-c1nc2c(c(N(Cc3ccc(-c4nc(C(F)(F)F)cn4C(C)C)cc3)C3CC3)n1)CN(C#N)CC2. The van der Waals surface area contributed by atoms with E-state index in [1.54, 1.807) is 16.6 Å². The van der Waals surface area contributed by atoms with Crippen molar-refractivity contribution in [2.75, 3.05) is 18.6 Å². The highest BCUT2D eigenvalue weighted by Gasteiger charge is 2.37. The molecule has 0 N–H and O–H groups in total. The molecule has 2 saturated carbocycles. The van der Waals surface area contributed by atoms with Crippen LogP contribution in [0.4, 0.5) is 19.0 Å². The molecule has 4 aromatic rings. The predicted octanol–water partition coefficient (Wildman–Crippen LogP) is 6.29. The Morgan fingerprint density at radius 3 is 2.46 bits per heavy atom. The second-order valence-electron chi connectivity index (χ2n) is 12.5. The van der Waals surface area contributed by atoms with Crippen molar-refractivity contribution in [2.24, 2.45) is 0 Å². The molecule has 0 unspecified atom stereocenters. The van der Waals surface area contributed by atoms with Gasteiger partial charge in [0, 0.05) is 54.8 Å². The Hall–Kier alpha value is -4.73. The van der Waals surface area contributed by atoms with E-state index in [9.17, 15) is 18.4 Å². The van der Waals surface area contributed by atoms with Crippen molar-refractivity contribution in [1.29, 1.82) is 5.26 Å². The third-order valence-corrected chi connectivity index (χ3v) is 8.81. The van der Waals surface area contributed by atoms with Gasteiger partial charge in [-0.1, -0.05) is 24.3 Å². The van der Waals surface area contributed by atoms with Crippen LogP contribution < -0.4 is 9.64 Å². The van der Waals surface area contributed by atoms with Crippen LogP contribution in [0, 0.1) is 11.5 Å². The standard InChI is InChI=1S/C33H34F3N9O/c1-19(2)44-16-26(33(34,35)36)41-30(44)22-6-4-20(5-7-22)14-45(23-10-11-23)31-24-15-43(17-37)13-12-25(24)40-29(42-31)27-28(21-8-9-21)38-18-39-32(27)46-3/h4-7,16,18-19,21,23H,8-15H2,1-3H3. The monoisotopic (exact) mass is 629 g/mol. The largest absolute Gasteiger partial charge is 0.480 e. The molecule has 3 aromatic heterocycles. The molecule has 10 nitrogen and oxygen atoms in total. The van der Waals surface area contributed by atoms with Crippen molar-refractivity contribution in [1.82, 2.24) is 34.4 Å². The van der Waals surface area contributed by atoms with Crippen molar-refractivity contribution in [3.63, 3.8) is 0 Å². The lowest BCUT2D eigenvalue weighted by Crippen LogP contribution is -2.33. The zero-order valence-corrected chi connectivity index (χ0v) is 25.9. The van der Waals surface area contributed by atoms with Gasteiger partial charge < -0.3 is 19.1 Å². The predicted molar refractivity (Wildman–Crippen MR) is 164 cm³/mol. The molecule has 4 heterocycles. The molecule has 0 amide bonds. The molecule has 0 spiro atoms. The van der Waals surface area contributed by atoms with Crippen LogP contribution in [0.5, 0.6) is 5.88 Å². The van der Waals surface area contributed by atoms with E-state index >= 15 is 0 Å². The van der Waals surface area contributed by atoms with Gasteiger partial charge in [0.25, 0.3) is 0 Å². The quantitative estimate of drug-likeness (QED) is 0.197. The first-order valence-corrected chi connectivity index (χ1v) is 15.6. The van der Waals surface area contributed by atoms with E-state index in [4.69, 9.17) is 14.7 Å². The molecule has 2 aliphatic carbocycles. The lowest BCUT2D eigenvalue weighted by molar-refractivity contribution is -0.140. The number of ether oxygens (including phenoxy) is 1. The molecule has 0 bridgehead atoms. The third-order valence-electron chi connectivity index (χ3n) is 8.81. The molecule has 238 valence electrons. The molecule has 0 saturated heterocycles. The minimum Gasteiger partial charge on any atom is -0.480 e. The minimum absolute atomic E-state index is 0.191. The molecular formula is C33H34F3N9O. The van der Waals surface area contributed by atoms with Gasteiger partial charge in [-0.3, -0.25) is 0 Å². The highest BCUT2D eigenvalue weighted by Crippen LogP contribution is 2.46. The Labute approximate surface area is 264 Å². The Morgan fingerprint density at radius 2 is 1.83 bits per heavy atom. The van der Waals surface area contributed by atoms with Gasteiger partial charge in [-0.25, -0.2) is 24.9 Å². The van der Waals surface area contributed by atoms with Crippen molar-refractivity contribution in [2.45, 2.75) is 83.2 Å². The number of fused-ring (bicyclic) bond motifs is 1. The Kier molecular flexibility index (Phi) is 7.53. The molecule has 3 aliphatic rings. The van der Waals surface area contributed by atoms with E-state index in [0.29, 0.717) is 49.2 Å². The minimum atomic E-state index is -4.52. The van der Waals surface area contributed by atoms with Gasteiger partial charge in [-0.2, -0.15) is 18.4 Å². The summed E-state index contributed by atoms with van der Waals surface area (Å²) in [6, 6.07) is 7.60. The first-order valence-electron chi connectivity index (χ1n) is 15.6. The lowest BCUT2D eigenvalue weighted by atomic mass is 10.0. The summed E-state index contributed by atoms with van der Waals surface area (Å²) >= 11 is 0. The van der Waals surface area contributed by atoms with Crippen LogP contribution in [-0.4, -0.2) is 54.1 Å². The number of nitriles is 1. The van der Waals surface area contributed by atoms with Crippen molar-refractivity contribution in [3.8, 4) is 34.8 Å².